The molecular weight excluding hydrogens is 240 g/mol. The van der Waals surface area contributed by atoms with Crippen molar-refractivity contribution >= 4 is 0 Å². The van der Waals surface area contributed by atoms with Crippen LogP contribution in [0.4, 0.5) is 0 Å². The molecule has 0 aromatic heterocycles. The quantitative estimate of drug-likeness (QED) is 0.371. The average Bonchev–Trinajstić information content (AvgIpc) is 2.46. The van der Waals surface area contributed by atoms with Crippen LogP contribution in [0, 0.1) is 6.92 Å². The Morgan fingerprint density at radius 2 is 1.20 bits per heavy atom. The Hall–Kier alpha value is -0.780. The van der Waals surface area contributed by atoms with Gasteiger partial charge in [-0.2, -0.15) is 0 Å². The molecule has 0 heterocycles. The number of aryl methyl sites for hydroxylation is 1. The lowest BCUT2D eigenvalue weighted by Gasteiger charge is -2.05. The van der Waals surface area contributed by atoms with E-state index >= 15 is 0 Å². The molecule has 0 nitrogen and oxygen atoms in total. The van der Waals surface area contributed by atoms with E-state index in [-0.39, 0.29) is 0 Å². The molecule has 0 spiro atoms. The van der Waals surface area contributed by atoms with Gasteiger partial charge in [-0.1, -0.05) is 95.4 Å². The Labute approximate surface area is 127 Å². The lowest BCUT2D eigenvalue weighted by molar-refractivity contribution is 0.549. The minimum absolute atomic E-state index is 1.21. The summed E-state index contributed by atoms with van der Waals surface area (Å²) in [6.07, 6.45) is 16.8. The first-order chi connectivity index (χ1) is 9.84. The minimum atomic E-state index is 1.21. The normalized spacial score (nSPS) is 10.9. The zero-order valence-electron chi connectivity index (χ0n) is 13.5. The molecule has 1 aromatic carbocycles. The first kappa shape index (κ1) is 17.3. The zero-order chi connectivity index (χ0) is 14.5. The molecule has 0 heteroatoms. The van der Waals surface area contributed by atoms with E-state index in [9.17, 15) is 0 Å². The molecule has 1 rings (SSSR count). The lowest BCUT2D eigenvalue weighted by Crippen LogP contribution is -1.89. The van der Waals surface area contributed by atoms with Crippen LogP contribution in [0.5, 0.6) is 0 Å². The van der Waals surface area contributed by atoms with Gasteiger partial charge in [0.2, 0.25) is 0 Å². The van der Waals surface area contributed by atoms with E-state index < -0.39 is 0 Å². The predicted molar refractivity (Wildman–Crippen MR) is 91.1 cm³/mol. The van der Waals surface area contributed by atoms with Crippen molar-refractivity contribution in [1.29, 1.82) is 0 Å². The minimum Gasteiger partial charge on any atom is -0.0654 e. The molecule has 0 unspecified atom stereocenters. The Balaban J connectivity index is 1.87. The van der Waals surface area contributed by atoms with Gasteiger partial charge in [-0.05, 0) is 30.9 Å². The highest BCUT2D eigenvalue weighted by Crippen LogP contribution is 2.14. The Kier molecular flexibility index (Phi) is 10.4. The third-order valence-corrected chi connectivity index (χ3v) is 4.17. The number of benzene rings is 1. The average molecular weight is 273 g/mol. The summed E-state index contributed by atoms with van der Waals surface area (Å²) in [6, 6.07) is 8.54. The second-order valence-electron chi connectivity index (χ2n) is 6.05. The standard InChI is InChI=1S/C20H33/c1-3-4-5-6-7-8-9-10-11-12-13-17-20-18-15-14-16-19(20)2/h14-16,18H,2-13,17H2,1H3. The molecule has 0 aliphatic carbocycles. The van der Waals surface area contributed by atoms with Crippen molar-refractivity contribution in [1.82, 2.24) is 0 Å². The Morgan fingerprint density at radius 3 is 1.75 bits per heavy atom. The van der Waals surface area contributed by atoms with Gasteiger partial charge in [0.25, 0.3) is 0 Å². The van der Waals surface area contributed by atoms with Crippen molar-refractivity contribution in [2.75, 3.05) is 0 Å². The molecular formula is C20H33. The number of hydrogen-bond donors (Lipinski definition) is 0. The van der Waals surface area contributed by atoms with Gasteiger partial charge in [0.15, 0.2) is 0 Å². The third kappa shape index (κ3) is 8.40. The lowest BCUT2D eigenvalue weighted by atomic mass is 10.0. The molecule has 0 aliphatic heterocycles. The second kappa shape index (κ2) is 12.0. The van der Waals surface area contributed by atoms with Crippen LogP contribution in [0.3, 0.4) is 0 Å². The van der Waals surface area contributed by atoms with Gasteiger partial charge in [0.05, 0.1) is 0 Å². The fraction of sp³-hybridized carbons (Fsp3) is 0.650. The van der Waals surface area contributed by atoms with Crippen LogP contribution in [0.2, 0.25) is 0 Å². The van der Waals surface area contributed by atoms with Crippen LogP contribution < -0.4 is 0 Å². The molecule has 0 saturated heterocycles. The maximum atomic E-state index is 4.09. The maximum Gasteiger partial charge on any atom is -0.0235 e. The van der Waals surface area contributed by atoms with Crippen molar-refractivity contribution < 1.29 is 0 Å². The van der Waals surface area contributed by atoms with Crippen LogP contribution >= 0.6 is 0 Å². The highest BCUT2D eigenvalue weighted by Gasteiger charge is 1.97. The molecule has 0 amide bonds. The van der Waals surface area contributed by atoms with Gasteiger partial charge < -0.3 is 0 Å². The van der Waals surface area contributed by atoms with Crippen molar-refractivity contribution in [3.05, 3.63) is 42.3 Å². The largest absolute Gasteiger partial charge is 0.0654 e. The Morgan fingerprint density at radius 1 is 0.700 bits per heavy atom. The highest BCUT2D eigenvalue weighted by molar-refractivity contribution is 5.29. The van der Waals surface area contributed by atoms with E-state index in [2.05, 4.69) is 38.1 Å². The molecule has 0 N–H and O–H groups in total. The Bertz CT molecular complexity index is 327. The summed E-state index contributed by atoms with van der Waals surface area (Å²) in [5.74, 6) is 0. The highest BCUT2D eigenvalue weighted by atomic mass is 14.0. The van der Waals surface area contributed by atoms with E-state index in [1.54, 1.807) is 0 Å². The van der Waals surface area contributed by atoms with Crippen molar-refractivity contribution in [3.8, 4) is 0 Å². The molecule has 1 radical (unpaired) electrons. The summed E-state index contributed by atoms with van der Waals surface area (Å²) < 4.78 is 0. The summed E-state index contributed by atoms with van der Waals surface area (Å²) in [5, 5.41) is 0. The van der Waals surface area contributed by atoms with Crippen LogP contribution in [0.25, 0.3) is 0 Å². The zero-order valence-corrected chi connectivity index (χ0v) is 13.5. The van der Waals surface area contributed by atoms with E-state index in [4.69, 9.17) is 0 Å². The third-order valence-electron chi connectivity index (χ3n) is 4.17. The molecule has 113 valence electrons. The molecule has 0 atom stereocenters. The topological polar surface area (TPSA) is 0 Å². The summed E-state index contributed by atoms with van der Waals surface area (Å²) >= 11 is 0. The molecule has 0 bridgehead atoms. The molecule has 1 aromatic rings. The first-order valence-electron chi connectivity index (χ1n) is 8.74. The van der Waals surface area contributed by atoms with E-state index in [1.807, 2.05) is 0 Å². The number of unbranched alkanes of at least 4 members (excludes halogenated alkanes) is 10. The molecule has 0 aliphatic rings. The SMILES string of the molecule is [CH2]c1ccccc1CCCCCCCCCCCCC. The van der Waals surface area contributed by atoms with Crippen LogP contribution in [-0.2, 0) is 6.42 Å². The fourth-order valence-corrected chi connectivity index (χ4v) is 2.78. The van der Waals surface area contributed by atoms with Gasteiger partial charge in [-0.3, -0.25) is 0 Å². The van der Waals surface area contributed by atoms with Crippen LogP contribution in [0.1, 0.15) is 88.7 Å². The van der Waals surface area contributed by atoms with Gasteiger partial charge in [0, 0.05) is 0 Å². The summed E-state index contributed by atoms with van der Waals surface area (Å²) in [5.41, 5.74) is 2.64. The van der Waals surface area contributed by atoms with Crippen molar-refractivity contribution in [3.63, 3.8) is 0 Å². The van der Waals surface area contributed by atoms with E-state index in [1.165, 1.54) is 88.2 Å². The molecule has 0 fully saturated rings. The second-order valence-corrected chi connectivity index (χ2v) is 6.05. The predicted octanol–water partition coefficient (Wildman–Crippen LogP) is 6.72. The van der Waals surface area contributed by atoms with Gasteiger partial charge in [-0.15, -0.1) is 0 Å². The first-order valence-corrected chi connectivity index (χ1v) is 8.74. The molecule has 0 saturated carbocycles. The van der Waals surface area contributed by atoms with E-state index in [0.29, 0.717) is 0 Å². The summed E-state index contributed by atoms with van der Waals surface area (Å²) in [6.45, 7) is 6.38. The fourth-order valence-electron chi connectivity index (χ4n) is 2.78. The van der Waals surface area contributed by atoms with Crippen LogP contribution in [0.15, 0.2) is 24.3 Å². The molecule has 20 heavy (non-hydrogen) atoms. The van der Waals surface area contributed by atoms with Crippen molar-refractivity contribution in [2.45, 2.75) is 84.0 Å². The van der Waals surface area contributed by atoms with Gasteiger partial charge in [-0.25, -0.2) is 0 Å². The number of hydrogen-bond acceptors (Lipinski definition) is 0. The summed E-state index contributed by atoms with van der Waals surface area (Å²) in [4.78, 5) is 0. The van der Waals surface area contributed by atoms with Crippen LogP contribution in [-0.4, -0.2) is 0 Å². The monoisotopic (exact) mass is 273 g/mol. The van der Waals surface area contributed by atoms with Crippen molar-refractivity contribution in [2.24, 2.45) is 0 Å². The number of rotatable bonds is 12. The van der Waals surface area contributed by atoms with E-state index in [0.717, 1.165) is 0 Å². The van der Waals surface area contributed by atoms with Gasteiger partial charge >= 0.3 is 0 Å². The summed E-state index contributed by atoms with van der Waals surface area (Å²) in [7, 11) is 0. The smallest absolute Gasteiger partial charge is 0.0235 e. The van der Waals surface area contributed by atoms with Gasteiger partial charge in [0.1, 0.15) is 0 Å². The maximum absolute atomic E-state index is 4.09.